The molecule has 0 aliphatic carbocycles. The van der Waals surface area contributed by atoms with Gasteiger partial charge in [-0.1, -0.05) is 127 Å². The van der Waals surface area contributed by atoms with E-state index in [1.807, 2.05) is 6.34 Å². The molecular formula is C33H47N3. The number of unbranched alkanes of at least 4 members (excludes halogenated alkanes) is 13. The Kier molecular flexibility index (Phi) is 10.5. The summed E-state index contributed by atoms with van der Waals surface area (Å²) in [6.45, 7) is 5.46. The summed E-state index contributed by atoms with van der Waals surface area (Å²) >= 11 is 0. The van der Waals surface area contributed by atoms with E-state index in [-0.39, 0.29) is 6.04 Å². The predicted octanol–water partition coefficient (Wildman–Crippen LogP) is 9.85. The third kappa shape index (κ3) is 7.02. The number of benzene rings is 2. The number of hydrogen-bond acceptors (Lipinski definition) is 2. The largest absolute Gasteiger partial charge is 0.366 e. The Bertz CT molecular complexity index is 1140. The highest BCUT2D eigenvalue weighted by molar-refractivity contribution is 6.09. The summed E-state index contributed by atoms with van der Waals surface area (Å²) in [7, 11) is 0. The summed E-state index contributed by atoms with van der Waals surface area (Å²) in [6.07, 6.45) is 23.7. The Morgan fingerprint density at radius 1 is 0.722 bits per heavy atom. The molecule has 1 atom stereocenters. The minimum atomic E-state index is 0.172. The molecule has 1 aliphatic heterocycles. The third-order valence-corrected chi connectivity index (χ3v) is 7.82. The van der Waals surface area contributed by atoms with Crippen molar-refractivity contribution in [1.82, 2.24) is 9.88 Å². The summed E-state index contributed by atoms with van der Waals surface area (Å²) < 4.78 is 2.58. The Morgan fingerprint density at radius 2 is 1.33 bits per heavy atom. The van der Waals surface area contributed by atoms with E-state index in [0.29, 0.717) is 0 Å². The summed E-state index contributed by atoms with van der Waals surface area (Å²) in [5, 5.41) is 6.20. The van der Waals surface area contributed by atoms with Crippen molar-refractivity contribution in [3.05, 3.63) is 59.8 Å². The average molecular weight is 486 g/mol. The topological polar surface area (TPSA) is 29.3 Å². The summed E-state index contributed by atoms with van der Waals surface area (Å²) in [4.78, 5) is 4.39. The van der Waals surface area contributed by atoms with Crippen molar-refractivity contribution in [3.8, 4) is 0 Å². The standard InChI is InChI=1S/C33H47N3/c1-3-4-5-6-7-8-9-10-11-12-13-14-15-18-24-36-32-23-17-16-20-28(32)29-21-19-22-30(33(29)36)31-25-27(2)34-26-35-31/h16-17,19-23,25-26,31H,3-15,18,24H2,1-2H3,(H,34,35). The summed E-state index contributed by atoms with van der Waals surface area (Å²) in [5.74, 6) is 0. The summed E-state index contributed by atoms with van der Waals surface area (Å²) in [6, 6.07) is 15.9. The second-order valence-electron chi connectivity index (χ2n) is 10.7. The maximum absolute atomic E-state index is 4.39. The molecule has 0 spiro atoms. The molecule has 3 heteroatoms. The molecule has 2 aromatic carbocycles. The number of aliphatic imine (C=N–C) groups is 1. The van der Waals surface area contributed by atoms with E-state index in [1.165, 1.54) is 117 Å². The van der Waals surface area contributed by atoms with Crippen LogP contribution in [0.2, 0.25) is 0 Å². The highest BCUT2D eigenvalue weighted by Crippen LogP contribution is 2.35. The van der Waals surface area contributed by atoms with E-state index >= 15 is 0 Å². The molecule has 0 saturated carbocycles. The maximum Gasteiger partial charge on any atom is 0.0889 e. The molecule has 0 radical (unpaired) electrons. The Hall–Kier alpha value is -2.55. The van der Waals surface area contributed by atoms with Gasteiger partial charge in [0.1, 0.15) is 0 Å². The minimum absolute atomic E-state index is 0.172. The number of aromatic nitrogens is 1. The van der Waals surface area contributed by atoms with Crippen molar-refractivity contribution >= 4 is 28.1 Å². The monoisotopic (exact) mass is 485 g/mol. The quantitative estimate of drug-likeness (QED) is 0.201. The molecule has 1 unspecified atom stereocenters. The van der Waals surface area contributed by atoms with Crippen LogP contribution in [0.4, 0.5) is 0 Å². The van der Waals surface area contributed by atoms with Crippen LogP contribution in [0.5, 0.6) is 0 Å². The number of para-hydroxylation sites is 2. The zero-order chi connectivity index (χ0) is 25.0. The van der Waals surface area contributed by atoms with Crippen molar-refractivity contribution < 1.29 is 0 Å². The van der Waals surface area contributed by atoms with Crippen molar-refractivity contribution in [2.75, 3.05) is 0 Å². The highest BCUT2D eigenvalue weighted by Gasteiger charge is 2.19. The number of rotatable bonds is 16. The van der Waals surface area contributed by atoms with Crippen molar-refractivity contribution in [3.63, 3.8) is 0 Å². The van der Waals surface area contributed by atoms with Crippen molar-refractivity contribution in [1.29, 1.82) is 0 Å². The molecule has 0 bridgehead atoms. The lowest BCUT2D eigenvalue weighted by molar-refractivity contribution is 0.528. The van der Waals surface area contributed by atoms with E-state index in [2.05, 4.69) is 77.3 Å². The fourth-order valence-electron chi connectivity index (χ4n) is 5.82. The first-order valence-electron chi connectivity index (χ1n) is 14.8. The molecule has 2 heterocycles. The van der Waals surface area contributed by atoms with Crippen LogP contribution in [-0.4, -0.2) is 10.9 Å². The Morgan fingerprint density at radius 3 is 2.00 bits per heavy atom. The highest BCUT2D eigenvalue weighted by atomic mass is 15.0. The Balaban J connectivity index is 1.27. The molecule has 0 saturated heterocycles. The first-order valence-corrected chi connectivity index (χ1v) is 14.8. The molecule has 194 valence electrons. The minimum Gasteiger partial charge on any atom is -0.366 e. The number of nitrogens with one attached hydrogen (secondary N) is 1. The van der Waals surface area contributed by atoms with Gasteiger partial charge in [0, 0.05) is 34.1 Å². The van der Waals surface area contributed by atoms with Crippen LogP contribution in [0.25, 0.3) is 21.8 Å². The van der Waals surface area contributed by atoms with Crippen LogP contribution >= 0.6 is 0 Å². The van der Waals surface area contributed by atoms with Gasteiger partial charge in [-0.2, -0.15) is 0 Å². The second-order valence-corrected chi connectivity index (χ2v) is 10.7. The fourth-order valence-corrected chi connectivity index (χ4v) is 5.82. The van der Waals surface area contributed by atoms with Gasteiger partial charge in [-0.05, 0) is 25.5 Å². The molecular weight excluding hydrogens is 438 g/mol. The van der Waals surface area contributed by atoms with E-state index in [4.69, 9.17) is 0 Å². The van der Waals surface area contributed by atoms with E-state index < -0.39 is 0 Å². The smallest absolute Gasteiger partial charge is 0.0889 e. The van der Waals surface area contributed by atoms with Crippen molar-refractivity contribution in [2.24, 2.45) is 4.99 Å². The first-order chi connectivity index (χ1) is 17.8. The second kappa shape index (κ2) is 14.3. The maximum atomic E-state index is 4.39. The third-order valence-electron chi connectivity index (χ3n) is 7.82. The van der Waals surface area contributed by atoms with Crippen LogP contribution in [0.15, 0.2) is 59.2 Å². The number of allylic oxidation sites excluding steroid dienone is 1. The van der Waals surface area contributed by atoms with E-state index in [9.17, 15) is 0 Å². The molecule has 0 fully saturated rings. The van der Waals surface area contributed by atoms with Crippen molar-refractivity contribution in [2.45, 2.75) is 116 Å². The zero-order valence-electron chi connectivity index (χ0n) is 22.8. The lowest BCUT2D eigenvalue weighted by Crippen LogP contribution is -2.21. The fraction of sp³-hybridized carbons (Fsp3) is 0.545. The van der Waals surface area contributed by atoms with E-state index in [1.54, 1.807) is 0 Å². The first kappa shape index (κ1) is 26.5. The van der Waals surface area contributed by atoms with Gasteiger partial charge in [-0.15, -0.1) is 0 Å². The van der Waals surface area contributed by atoms with Gasteiger partial charge in [0.2, 0.25) is 0 Å². The van der Waals surface area contributed by atoms with E-state index in [0.717, 1.165) is 12.2 Å². The molecule has 4 rings (SSSR count). The molecule has 1 N–H and O–H groups in total. The number of aryl methyl sites for hydroxylation is 1. The lowest BCUT2D eigenvalue weighted by atomic mass is 10.0. The molecule has 0 amide bonds. The van der Waals surface area contributed by atoms with Crippen LogP contribution in [-0.2, 0) is 6.54 Å². The van der Waals surface area contributed by atoms with Gasteiger partial charge in [-0.25, -0.2) is 4.99 Å². The van der Waals surface area contributed by atoms with Gasteiger partial charge >= 0.3 is 0 Å². The van der Waals surface area contributed by atoms with Crippen LogP contribution in [0.1, 0.15) is 115 Å². The molecule has 1 aromatic heterocycles. The zero-order valence-corrected chi connectivity index (χ0v) is 22.8. The van der Waals surface area contributed by atoms with Gasteiger partial charge < -0.3 is 9.88 Å². The van der Waals surface area contributed by atoms with Gasteiger partial charge in [0.25, 0.3) is 0 Å². The number of nitrogens with zero attached hydrogens (tertiary/aromatic N) is 2. The molecule has 1 aliphatic rings. The van der Waals surface area contributed by atoms with Crippen LogP contribution < -0.4 is 5.32 Å². The molecule has 3 aromatic rings. The van der Waals surface area contributed by atoms with Gasteiger partial charge in [0.15, 0.2) is 0 Å². The average Bonchev–Trinajstić information content (AvgIpc) is 3.23. The Labute approximate surface area is 219 Å². The van der Waals surface area contributed by atoms with Crippen LogP contribution in [0.3, 0.4) is 0 Å². The molecule has 36 heavy (non-hydrogen) atoms. The number of fused-ring (bicyclic) bond motifs is 3. The van der Waals surface area contributed by atoms with Gasteiger partial charge in [-0.3, -0.25) is 0 Å². The van der Waals surface area contributed by atoms with Gasteiger partial charge in [0.05, 0.1) is 17.9 Å². The SMILES string of the molecule is CCCCCCCCCCCCCCCCn1c2ccccc2c2cccc(C3C=C(C)N=CN3)c21. The molecule has 3 nitrogen and oxygen atoms in total. The lowest BCUT2D eigenvalue weighted by Gasteiger charge is -2.20. The van der Waals surface area contributed by atoms with Crippen LogP contribution in [0, 0.1) is 0 Å². The predicted molar refractivity (Wildman–Crippen MR) is 158 cm³/mol. The normalized spacial score (nSPS) is 15.5. The summed E-state index contributed by atoms with van der Waals surface area (Å²) in [5.41, 5.74) is 5.16. The number of hydrogen-bond donors (Lipinski definition) is 1.